The number of rotatable bonds is 3. The smallest absolute Gasteiger partial charge is 0.313 e. The van der Waals surface area contributed by atoms with E-state index in [-0.39, 0.29) is 32.3 Å². The highest BCUT2D eigenvalue weighted by Gasteiger charge is 2.22. The van der Waals surface area contributed by atoms with Crippen molar-refractivity contribution < 1.29 is 9.66 Å². The molecule has 0 radical (unpaired) electrons. The summed E-state index contributed by atoms with van der Waals surface area (Å²) >= 11 is 23.5. The lowest BCUT2D eigenvalue weighted by atomic mass is 10.3. The first kappa shape index (κ1) is 15.2. The van der Waals surface area contributed by atoms with Gasteiger partial charge < -0.3 is 4.74 Å². The molecule has 0 N–H and O–H groups in total. The van der Waals surface area contributed by atoms with Crippen LogP contribution < -0.4 is 4.74 Å². The topological polar surface area (TPSA) is 52.4 Å². The summed E-state index contributed by atoms with van der Waals surface area (Å²) in [5.41, 5.74) is -0.314. The highest BCUT2D eigenvalue weighted by atomic mass is 35.5. The third kappa shape index (κ3) is 3.10. The van der Waals surface area contributed by atoms with Gasteiger partial charge in [0.05, 0.1) is 15.0 Å². The number of nitro benzene ring substituents is 1. The first-order valence-corrected chi connectivity index (χ1v) is 6.66. The van der Waals surface area contributed by atoms with Crippen LogP contribution >= 0.6 is 46.4 Å². The molecule has 2 aromatic carbocycles. The molecule has 2 rings (SSSR count). The number of ether oxygens (including phenoxy) is 1. The van der Waals surface area contributed by atoms with Gasteiger partial charge in [-0.25, -0.2) is 0 Å². The van der Waals surface area contributed by atoms with Crippen molar-refractivity contribution in [3.05, 3.63) is 60.5 Å². The van der Waals surface area contributed by atoms with Gasteiger partial charge in [-0.3, -0.25) is 10.1 Å². The van der Waals surface area contributed by atoms with Crippen LogP contribution in [0.4, 0.5) is 5.69 Å². The van der Waals surface area contributed by atoms with E-state index >= 15 is 0 Å². The van der Waals surface area contributed by atoms with Crippen LogP contribution in [-0.4, -0.2) is 4.92 Å². The van der Waals surface area contributed by atoms with Crippen molar-refractivity contribution in [3.8, 4) is 11.5 Å². The van der Waals surface area contributed by atoms with Gasteiger partial charge in [0.1, 0.15) is 10.8 Å². The van der Waals surface area contributed by atoms with Crippen LogP contribution in [0.3, 0.4) is 0 Å². The second kappa shape index (κ2) is 6.06. The first-order valence-electron chi connectivity index (χ1n) is 5.15. The zero-order chi connectivity index (χ0) is 14.9. The van der Waals surface area contributed by atoms with Crippen LogP contribution in [0.1, 0.15) is 0 Å². The standard InChI is InChI=1S/C12H5Cl4NO3/c13-6-1-4-10(8(15)5-6)20-12-9(17(18)19)3-2-7(14)11(12)16/h1-5H. The lowest BCUT2D eigenvalue weighted by molar-refractivity contribution is -0.385. The molecule has 0 aromatic heterocycles. The summed E-state index contributed by atoms with van der Waals surface area (Å²) in [6.07, 6.45) is 0. The lowest BCUT2D eigenvalue weighted by Crippen LogP contribution is -1.95. The fraction of sp³-hybridized carbons (Fsp3) is 0. The first-order chi connectivity index (χ1) is 9.40. The Morgan fingerprint density at radius 1 is 1.00 bits per heavy atom. The van der Waals surface area contributed by atoms with Crippen molar-refractivity contribution in [2.24, 2.45) is 0 Å². The predicted molar refractivity (Wildman–Crippen MR) is 79.7 cm³/mol. The van der Waals surface area contributed by atoms with Crippen LogP contribution in [0.2, 0.25) is 20.1 Å². The van der Waals surface area contributed by atoms with Crippen molar-refractivity contribution in [1.82, 2.24) is 0 Å². The summed E-state index contributed by atoms with van der Waals surface area (Å²) in [5.74, 6) is 0.0109. The summed E-state index contributed by atoms with van der Waals surface area (Å²) in [5, 5.41) is 11.7. The predicted octanol–water partition coefficient (Wildman–Crippen LogP) is 6.00. The normalized spacial score (nSPS) is 10.4. The van der Waals surface area contributed by atoms with Gasteiger partial charge >= 0.3 is 5.69 Å². The van der Waals surface area contributed by atoms with E-state index in [2.05, 4.69) is 0 Å². The van der Waals surface area contributed by atoms with Crippen LogP contribution in [0, 0.1) is 10.1 Å². The van der Waals surface area contributed by atoms with Gasteiger partial charge in [-0.15, -0.1) is 0 Å². The van der Waals surface area contributed by atoms with E-state index in [1.165, 1.54) is 30.3 Å². The second-order valence-corrected chi connectivity index (χ2v) is 5.27. The number of hydrogen-bond donors (Lipinski definition) is 0. The Bertz CT molecular complexity index is 691. The Balaban J connectivity index is 2.52. The van der Waals surface area contributed by atoms with Crippen LogP contribution in [0.15, 0.2) is 30.3 Å². The van der Waals surface area contributed by atoms with E-state index in [1.54, 1.807) is 0 Å². The molecule has 0 unspecified atom stereocenters. The highest BCUT2D eigenvalue weighted by molar-refractivity contribution is 6.43. The molecule has 8 heteroatoms. The van der Waals surface area contributed by atoms with Crippen LogP contribution in [-0.2, 0) is 0 Å². The van der Waals surface area contributed by atoms with Gasteiger partial charge in [0.15, 0.2) is 0 Å². The van der Waals surface area contributed by atoms with Crippen molar-refractivity contribution in [2.45, 2.75) is 0 Å². The molecule has 0 spiro atoms. The van der Waals surface area contributed by atoms with Crippen LogP contribution in [0.5, 0.6) is 11.5 Å². The van der Waals surface area contributed by atoms with Crippen molar-refractivity contribution in [2.75, 3.05) is 0 Å². The molecule has 4 nitrogen and oxygen atoms in total. The molecular formula is C12H5Cl4NO3. The molecule has 0 heterocycles. The monoisotopic (exact) mass is 351 g/mol. The minimum atomic E-state index is -0.624. The maximum absolute atomic E-state index is 11.0. The molecule has 0 bridgehead atoms. The number of halogens is 4. The zero-order valence-corrected chi connectivity index (χ0v) is 12.6. The Hall–Kier alpha value is -1.20. The average Bonchev–Trinajstić information content (AvgIpc) is 2.37. The van der Waals surface area contributed by atoms with Crippen molar-refractivity contribution in [3.63, 3.8) is 0 Å². The lowest BCUT2D eigenvalue weighted by Gasteiger charge is -2.10. The Morgan fingerprint density at radius 3 is 2.30 bits per heavy atom. The van der Waals surface area contributed by atoms with Gasteiger partial charge in [-0.1, -0.05) is 46.4 Å². The molecule has 0 aliphatic carbocycles. The van der Waals surface area contributed by atoms with Gasteiger partial charge in [-0.05, 0) is 24.3 Å². The number of nitro groups is 1. The molecular weight excluding hydrogens is 348 g/mol. The number of nitrogens with zero attached hydrogens (tertiary/aromatic N) is 1. The average molecular weight is 353 g/mol. The minimum Gasteiger partial charge on any atom is -0.447 e. The molecule has 0 saturated heterocycles. The third-order valence-electron chi connectivity index (χ3n) is 2.33. The maximum atomic E-state index is 11.0. The fourth-order valence-corrected chi connectivity index (χ4v) is 2.22. The molecule has 104 valence electrons. The molecule has 0 aliphatic heterocycles. The molecule has 2 aromatic rings. The second-order valence-electron chi connectivity index (χ2n) is 3.64. The van der Waals surface area contributed by atoms with E-state index in [0.29, 0.717) is 5.02 Å². The summed E-state index contributed by atoms with van der Waals surface area (Å²) in [6, 6.07) is 6.98. The Morgan fingerprint density at radius 2 is 1.70 bits per heavy atom. The summed E-state index contributed by atoms with van der Waals surface area (Å²) < 4.78 is 5.42. The van der Waals surface area contributed by atoms with Gasteiger partial charge in [0, 0.05) is 11.1 Å². The van der Waals surface area contributed by atoms with E-state index in [0.717, 1.165) is 0 Å². The van der Waals surface area contributed by atoms with Crippen molar-refractivity contribution in [1.29, 1.82) is 0 Å². The largest absolute Gasteiger partial charge is 0.447 e. The molecule has 20 heavy (non-hydrogen) atoms. The summed E-state index contributed by atoms with van der Waals surface area (Å²) in [6.45, 7) is 0. The van der Waals surface area contributed by atoms with Gasteiger partial charge in [0.25, 0.3) is 0 Å². The molecule has 0 aliphatic rings. The van der Waals surface area contributed by atoms with E-state index in [9.17, 15) is 10.1 Å². The minimum absolute atomic E-state index is 0.0631. The van der Waals surface area contributed by atoms with E-state index in [4.69, 9.17) is 51.1 Å². The van der Waals surface area contributed by atoms with E-state index in [1.807, 2.05) is 0 Å². The molecule has 0 fully saturated rings. The zero-order valence-electron chi connectivity index (χ0n) is 9.57. The van der Waals surface area contributed by atoms with E-state index < -0.39 is 4.92 Å². The molecule has 0 saturated carbocycles. The molecule has 0 atom stereocenters. The maximum Gasteiger partial charge on any atom is 0.313 e. The number of benzene rings is 2. The third-order valence-corrected chi connectivity index (χ3v) is 3.65. The summed E-state index contributed by atoms with van der Waals surface area (Å²) in [4.78, 5) is 10.4. The fourth-order valence-electron chi connectivity index (χ4n) is 1.43. The number of hydrogen-bond acceptors (Lipinski definition) is 3. The quantitative estimate of drug-likeness (QED) is 0.502. The van der Waals surface area contributed by atoms with Crippen molar-refractivity contribution >= 4 is 52.1 Å². The highest BCUT2D eigenvalue weighted by Crippen LogP contribution is 2.43. The summed E-state index contributed by atoms with van der Waals surface area (Å²) in [7, 11) is 0. The Labute approximate surface area is 133 Å². The molecule has 0 amide bonds. The van der Waals surface area contributed by atoms with Gasteiger partial charge in [0.2, 0.25) is 5.75 Å². The Kier molecular flexibility index (Phi) is 4.60. The van der Waals surface area contributed by atoms with Crippen LogP contribution in [0.25, 0.3) is 0 Å². The van der Waals surface area contributed by atoms with Gasteiger partial charge in [-0.2, -0.15) is 0 Å². The SMILES string of the molecule is O=[N+]([O-])c1ccc(Cl)c(Cl)c1Oc1ccc(Cl)cc1Cl.